The summed E-state index contributed by atoms with van der Waals surface area (Å²) in [5.41, 5.74) is 0. The molecule has 0 radical (unpaired) electrons. The van der Waals surface area contributed by atoms with Crippen molar-refractivity contribution in [3.63, 3.8) is 0 Å². The normalized spacial score (nSPS) is 12.5. The zero-order valence-corrected chi connectivity index (χ0v) is 13.5. The van der Waals surface area contributed by atoms with Crippen molar-refractivity contribution < 1.29 is 9.90 Å². The van der Waals surface area contributed by atoms with Gasteiger partial charge in [-0.15, -0.1) is 11.3 Å². The lowest BCUT2D eigenvalue weighted by molar-refractivity contribution is -0.138. The molecule has 0 bridgehead atoms. The number of unbranched alkanes of at least 4 members (excludes halogenated alkanes) is 1. The second-order valence-corrected chi connectivity index (χ2v) is 6.20. The Morgan fingerprint density at radius 3 is 2.81 bits per heavy atom. The highest BCUT2D eigenvalue weighted by atomic mass is 32.1. The second-order valence-electron chi connectivity index (χ2n) is 5.08. The molecule has 114 valence electrons. The number of carboxylic acid groups (broad SMARTS) is 1. The minimum atomic E-state index is -0.834. The molecular weight excluding hydrogens is 286 g/mol. The number of hydrogen-bond acceptors (Lipinski definition) is 5. The topological polar surface area (TPSA) is 75.1 Å². The molecule has 0 amide bonds. The smallest absolute Gasteiger partial charge is 0.326 e. The number of aliphatic carboxylic acids is 1. The molecule has 0 spiro atoms. The number of aromatic nitrogens is 2. The van der Waals surface area contributed by atoms with Gasteiger partial charge in [-0.3, -0.25) is 0 Å². The third kappa shape index (κ3) is 3.69. The highest BCUT2D eigenvalue weighted by Crippen LogP contribution is 2.29. The number of nitrogens with one attached hydrogen (secondary N) is 1. The van der Waals surface area contributed by atoms with Crippen LogP contribution in [0.15, 0.2) is 6.07 Å². The maximum atomic E-state index is 11.4. The van der Waals surface area contributed by atoms with Crippen LogP contribution < -0.4 is 5.32 Å². The van der Waals surface area contributed by atoms with Crippen molar-refractivity contribution in [3.8, 4) is 0 Å². The van der Waals surface area contributed by atoms with Crippen LogP contribution in [0.3, 0.4) is 0 Å². The summed E-state index contributed by atoms with van der Waals surface area (Å²) in [4.78, 5) is 22.4. The summed E-state index contributed by atoms with van der Waals surface area (Å²) in [6.45, 7) is 5.98. The summed E-state index contributed by atoms with van der Waals surface area (Å²) in [7, 11) is 0. The standard InChI is InChI=1S/C15H21N3O2S/c1-4-6-7-12(15(19)20)18-13-11-8-10(5-2)21-14(11)17-9(3)16-13/h8,12H,4-7H2,1-3H3,(H,19,20)(H,16,17,18). The van der Waals surface area contributed by atoms with Gasteiger partial charge in [0.2, 0.25) is 0 Å². The molecule has 2 N–H and O–H groups in total. The Morgan fingerprint density at radius 2 is 2.19 bits per heavy atom. The van der Waals surface area contributed by atoms with Gasteiger partial charge in [0.1, 0.15) is 22.5 Å². The van der Waals surface area contributed by atoms with E-state index in [1.165, 1.54) is 4.88 Å². The number of hydrogen-bond donors (Lipinski definition) is 2. The molecule has 0 aromatic carbocycles. The number of nitrogens with zero attached hydrogens (tertiary/aromatic N) is 2. The van der Waals surface area contributed by atoms with Crippen molar-refractivity contribution in [2.45, 2.75) is 52.5 Å². The molecule has 2 aromatic heterocycles. The van der Waals surface area contributed by atoms with Crippen LogP contribution in [0.25, 0.3) is 10.2 Å². The lowest BCUT2D eigenvalue weighted by Crippen LogP contribution is -2.29. The van der Waals surface area contributed by atoms with E-state index in [0.29, 0.717) is 18.1 Å². The minimum absolute atomic E-state index is 0.598. The van der Waals surface area contributed by atoms with Gasteiger partial charge in [0, 0.05) is 4.88 Å². The van der Waals surface area contributed by atoms with E-state index in [4.69, 9.17) is 0 Å². The fourth-order valence-electron chi connectivity index (χ4n) is 2.19. The van der Waals surface area contributed by atoms with E-state index in [-0.39, 0.29) is 0 Å². The quantitative estimate of drug-likeness (QED) is 0.817. The molecule has 2 rings (SSSR count). The summed E-state index contributed by atoms with van der Waals surface area (Å²) < 4.78 is 0. The van der Waals surface area contributed by atoms with Gasteiger partial charge in [0.05, 0.1) is 5.39 Å². The fraction of sp³-hybridized carbons (Fsp3) is 0.533. The second kappa shape index (κ2) is 6.85. The Hall–Kier alpha value is -1.69. The van der Waals surface area contributed by atoms with Gasteiger partial charge < -0.3 is 10.4 Å². The van der Waals surface area contributed by atoms with Crippen molar-refractivity contribution in [3.05, 3.63) is 16.8 Å². The number of anilines is 1. The predicted octanol–water partition coefficient (Wildman–Crippen LogP) is 3.62. The first-order valence-electron chi connectivity index (χ1n) is 7.31. The molecule has 0 aliphatic rings. The number of thiophene rings is 1. The van der Waals surface area contributed by atoms with Crippen molar-refractivity contribution in [2.24, 2.45) is 0 Å². The first kappa shape index (κ1) is 15.7. The van der Waals surface area contributed by atoms with E-state index in [0.717, 1.165) is 29.5 Å². The average Bonchev–Trinajstić information content (AvgIpc) is 2.85. The minimum Gasteiger partial charge on any atom is -0.480 e. The van der Waals surface area contributed by atoms with Gasteiger partial charge in [-0.05, 0) is 25.8 Å². The highest BCUT2D eigenvalue weighted by molar-refractivity contribution is 7.18. The molecule has 0 aliphatic heterocycles. The van der Waals surface area contributed by atoms with Crippen molar-refractivity contribution in [1.29, 1.82) is 0 Å². The van der Waals surface area contributed by atoms with E-state index >= 15 is 0 Å². The van der Waals surface area contributed by atoms with E-state index < -0.39 is 12.0 Å². The summed E-state index contributed by atoms with van der Waals surface area (Å²) in [6.07, 6.45) is 3.39. The zero-order valence-electron chi connectivity index (χ0n) is 12.6. The molecule has 0 aliphatic carbocycles. The lowest BCUT2D eigenvalue weighted by Gasteiger charge is -2.15. The monoisotopic (exact) mass is 307 g/mol. The molecule has 2 heterocycles. The van der Waals surface area contributed by atoms with Crippen molar-refractivity contribution >= 4 is 33.3 Å². The molecule has 21 heavy (non-hydrogen) atoms. The number of carboxylic acids is 1. The Labute approximate surface area is 128 Å². The predicted molar refractivity (Wildman–Crippen MR) is 86.1 cm³/mol. The van der Waals surface area contributed by atoms with Crippen LogP contribution in [-0.4, -0.2) is 27.1 Å². The fourth-order valence-corrected chi connectivity index (χ4v) is 3.21. The van der Waals surface area contributed by atoms with Gasteiger partial charge in [-0.25, -0.2) is 14.8 Å². The Balaban J connectivity index is 2.35. The molecule has 0 saturated heterocycles. The summed E-state index contributed by atoms with van der Waals surface area (Å²) >= 11 is 1.64. The molecule has 0 fully saturated rings. The van der Waals surface area contributed by atoms with E-state index in [1.54, 1.807) is 11.3 Å². The van der Waals surface area contributed by atoms with Gasteiger partial charge in [0.25, 0.3) is 0 Å². The number of rotatable bonds is 7. The summed E-state index contributed by atoms with van der Waals surface area (Å²) in [5.74, 6) is 0.463. The van der Waals surface area contributed by atoms with E-state index in [9.17, 15) is 9.90 Å². The maximum absolute atomic E-state index is 11.4. The van der Waals surface area contributed by atoms with Crippen LogP contribution in [0.2, 0.25) is 0 Å². The molecule has 1 unspecified atom stereocenters. The van der Waals surface area contributed by atoms with E-state index in [1.807, 2.05) is 6.92 Å². The van der Waals surface area contributed by atoms with Gasteiger partial charge in [-0.1, -0.05) is 26.7 Å². The van der Waals surface area contributed by atoms with Crippen LogP contribution >= 0.6 is 11.3 Å². The van der Waals surface area contributed by atoms with Gasteiger partial charge in [0.15, 0.2) is 0 Å². The van der Waals surface area contributed by atoms with Crippen LogP contribution in [0.4, 0.5) is 5.82 Å². The van der Waals surface area contributed by atoms with Crippen LogP contribution in [0.1, 0.15) is 43.8 Å². The van der Waals surface area contributed by atoms with Crippen LogP contribution in [-0.2, 0) is 11.2 Å². The SMILES string of the molecule is CCCCC(Nc1nc(C)nc2sc(CC)cc12)C(=O)O. The van der Waals surface area contributed by atoms with Crippen molar-refractivity contribution in [1.82, 2.24) is 9.97 Å². The first-order chi connectivity index (χ1) is 10.0. The Kier molecular flexibility index (Phi) is 5.12. The van der Waals surface area contributed by atoms with E-state index in [2.05, 4.69) is 35.2 Å². The molecule has 5 nitrogen and oxygen atoms in total. The summed E-state index contributed by atoms with van der Waals surface area (Å²) in [6, 6.07) is 1.45. The lowest BCUT2D eigenvalue weighted by atomic mass is 10.1. The van der Waals surface area contributed by atoms with Crippen LogP contribution in [0, 0.1) is 6.92 Å². The molecule has 6 heteroatoms. The molecule has 2 aromatic rings. The van der Waals surface area contributed by atoms with Gasteiger partial charge >= 0.3 is 5.97 Å². The number of carbonyl (C=O) groups is 1. The Morgan fingerprint density at radius 1 is 1.43 bits per heavy atom. The zero-order chi connectivity index (χ0) is 15.4. The average molecular weight is 307 g/mol. The number of aryl methyl sites for hydroxylation is 2. The first-order valence-corrected chi connectivity index (χ1v) is 8.13. The highest BCUT2D eigenvalue weighted by Gasteiger charge is 2.19. The maximum Gasteiger partial charge on any atom is 0.326 e. The molecular formula is C15H21N3O2S. The number of fused-ring (bicyclic) bond motifs is 1. The van der Waals surface area contributed by atoms with Crippen LogP contribution in [0.5, 0.6) is 0 Å². The molecule has 0 saturated carbocycles. The third-order valence-electron chi connectivity index (χ3n) is 3.36. The summed E-state index contributed by atoms with van der Waals surface area (Å²) in [5, 5.41) is 13.4. The largest absolute Gasteiger partial charge is 0.480 e. The van der Waals surface area contributed by atoms with Crippen molar-refractivity contribution in [2.75, 3.05) is 5.32 Å². The Bertz CT molecular complexity index is 639. The van der Waals surface area contributed by atoms with Gasteiger partial charge in [-0.2, -0.15) is 0 Å². The third-order valence-corrected chi connectivity index (χ3v) is 4.53. The molecule has 1 atom stereocenters.